The summed E-state index contributed by atoms with van der Waals surface area (Å²) in [6.07, 6.45) is 1.65. The molecular weight excluding hydrogens is 418 g/mol. The number of pyridine rings is 1. The van der Waals surface area contributed by atoms with Crippen molar-refractivity contribution < 1.29 is 9.53 Å². The molecule has 0 aliphatic carbocycles. The third-order valence-electron chi connectivity index (χ3n) is 5.34. The van der Waals surface area contributed by atoms with Crippen LogP contribution < -0.4 is 10.1 Å². The fourth-order valence-electron chi connectivity index (χ4n) is 3.76. The summed E-state index contributed by atoms with van der Waals surface area (Å²) in [6, 6.07) is 18.9. The highest BCUT2D eigenvalue weighted by molar-refractivity contribution is 6.13. The molecule has 3 aromatic heterocycles. The monoisotopic (exact) mass is 439 g/mol. The third kappa shape index (κ3) is 3.80. The van der Waals surface area contributed by atoms with Crippen molar-refractivity contribution in [2.75, 3.05) is 12.4 Å². The molecule has 0 bridgehead atoms. The molecule has 0 aliphatic heterocycles. The summed E-state index contributed by atoms with van der Waals surface area (Å²) >= 11 is 0. The summed E-state index contributed by atoms with van der Waals surface area (Å²) < 4.78 is 8.52. The number of aryl methyl sites for hydroxylation is 2. The van der Waals surface area contributed by atoms with E-state index < -0.39 is 0 Å². The van der Waals surface area contributed by atoms with Gasteiger partial charge in [0.15, 0.2) is 11.5 Å². The lowest BCUT2D eigenvalue weighted by Gasteiger charge is -2.08. The Labute approximate surface area is 189 Å². The second-order valence-electron chi connectivity index (χ2n) is 7.53. The number of amides is 1. The summed E-state index contributed by atoms with van der Waals surface area (Å²) in [6.45, 7) is 1.86. The summed E-state index contributed by atoms with van der Waals surface area (Å²) in [7, 11) is 3.42. The Morgan fingerprint density at radius 3 is 2.67 bits per heavy atom. The number of fused-ring (bicyclic) bond motifs is 1. The van der Waals surface area contributed by atoms with Gasteiger partial charge in [0.05, 0.1) is 41.3 Å². The Hall–Kier alpha value is -4.53. The van der Waals surface area contributed by atoms with Crippen LogP contribution in [0.5, 0.6) is 5.75 Å². The predicted octanol–water partition coefficient (Wildman–Crippen LogP) is 3.79. The Kier molecular flexibility index (Phi) is 5.06. The molecule has 5 aromatic rings. The van der Waals surface area contributed by atoms with Gasteiger partial charge in [-0.1, -0.05) is 41.6 Å². The predicted molar refractivity (Wildman–Crippen MR) is 125 cm³/mol. The molecule has 1 amide bonds. The molecule has 0 saturated heterocycles. The zero-order valence-corrected chi connectivity index (χ0v) is 18.4. The Balaban J connectivity index is 1.52. The van der Waals surface area contributed by atoms with Crippen LogP contribution in [-0.4, -0.2) is 42.8 Å². The molecule has 3 heterocycles. The molecule has 9 nitrogen and oxygen atoms in total. The van der Waals surface area contributed by atoms with Crippen LogP contribution in [0.2, 0.25) is 0 Å². The number of rotatable bonds is 5. The smallest absolute Gasteiger partial charge is 0.257 e. The van der Waals surface area contributed by atoms with Gasteiger partial charge >= 0.3 is 0 Å². The van der Waals surface area contributed by atoms with Gasteiger partial charge in [-0.25, -0.2) is 9.67 Å². The van der Waals surface area contributed by atoms with E-state index in [1.165, 1.54) is 0 Å². The van der Waals surface area contributed by atoms with Crippen molar-refractivity contribution in [3.05, 3.63) is 78.1 Å². The van der Waals surface area contributed by atoms with Crippen LogP contribution in [0.1, 0.15) is 16.1 Å². The van der Waals surface area contributed by atoms with Gasteiger partial charge < -0.3 is 10.1 Å². The molecule has 9 heteroatoms. The number of ether oxygens (including phenoxy) is 1. The van der Waals surface area contributed by atoms with Crippen LogP contribution >= 0.6 is 0 Å². The molecular formula is C24H21N7O2. The number of nitrogens with zero attached hydrogens (tertiary/aromatic N) is 6. The average molecular weight is 439 g/mol. The van der Waals surface area contributed by atoms with Crippen molar-refractivity contribution in [3.63, 3.8) is 0 Å². The van der Waals surface area contributed by atoms with Gasteiger partial charge in [0.25, 0.3) is 5.91 Å². The molecule has 0 spiro atoms. The van der Waals surface area contributed by atoms with Gasteiger partial charge in [-0.2, -0.15) is 5.10 Å². The van der Waals surface area contributed by atoms with Gasteiger partial charge in [-0.3, -0.25) is 9.48 Å². The third-order valence-corrected chi connectivity index (χ3v) is 5.34. The van der Waals surface area contributed by atoms with Crippen molar-refractivity contribution in [2.24, 2.45) is 7.05 Å². The number of methoxy groups -OCH3 is 1. The molecule has 0 fully saturated rings. The maximum atomic E-state index is 13.3. The van der Waals surface area contributed by atoms with E-state index in [-0.39, 0.29) is 5.91 Å². The van der Waals surface area contributed by atoms with E-state index in [0.717, 1.165) is 16.9 Å². The summed E-state index contributed by atoms with van der Waals surface area (Å²) in [5, 5.41) is 16.3. The summed E-state index contributed by atoms with van der Waals surface area (Å²) in [5.41, 5.74) is 4.21. The molecule has 2 aromatic carbocycles. The van der Waals surface area contributed by atoms with Gasteiger partial charge in [-0.05, 0) is 25.1 Å². The van der Waals surface area contributed by atoms with Gasteiger partial charge in [0, 0.05) is 18.7 Å². The second kappa shape index (κ2) is 8.19. The SMILES string of the molecule is COc1cccc(-n2cc(NC(=O)c3cc(-c4ccccc4)nc4c3c(C)nn4C)nn2)c1. The molecule has 0 atom stereocenters. The van der Waals surface area contributed by atoms with Gasteiger partial charge in [-0.15, -0.1) is 5.10 Å². The van der Waals surface area contributed by atoms with Crippen molar-refractivity contribution >= 4 is 22.8 Å². The first kappa shape index (κ1) is 20.4. The van der Waals surface area contributed by atoms with E-state index in [9.17, 15) is 4.79 Å². The van der Waals surface area contributed by atoms with Crippen LogP contribution in [0.3, 0.4) is 0 Å². The molecule has 5 rings (SSSR count). The highest BCUT2D eigenvalue weighted by Crippen LogP contribution is 2.27. The number of benzene rings is 2. The number of nitrogens with one attached hydrogen (secondary N) is 1. The topological polar surface area (TPSA) is 99.8 Å². The average Bonchev–Trinajstić information content (AvgIpc) is 3.43. The molecule has 164 valence electrons. The minimum absolute atomic E-state index is 0.312. The van der Waals surface area contributed by atoms with Crippen LogP contribution in [0.4, 0.5) is 5.82 Å². The standard InChI is InChI=1S/C24H21N7O2/c1-15-22-19(13-20(16-8-5-4-6-9-16)25-23(22)30(2)28-15)24(32)26-21-14-31(29-27-21)17-10-7-11-18(12-17)33-3/h4-14H,1-3H3,(H,26,32). The number of carbonyl (C=O) groups is 1. The minimum atomic E-state index is -0.312. The highest BCUT2D eigenvalue weighted by atomic mass is 16.5. The van der Waals surface area contributed by atoms with Gasteiger partial charge in [0.1, 0.15) is 5.75 Å². The lowest BCUT2D eigenvalue weighted by Crippen LogP contribution is -2.13. The minimum Gasteiger partial charge on any atom is -0.497 e. The van der Waals surface area contributed by atoms with E-state index in [1.54, 1.807) is 28.7 Å². The first-order chi connectivity index (χ1) is 16.0. The van der Waals surface area contributed by atoms with E-state index in [1.807, 2.05) is 68.6 Å². The first-order valence-corrected chi connectivity index (χ1v) is 10.3. The Morgan fingerprint density at radius 1 is 1.06 bits per heavy atom. The lowest BCUT2D eigenvalue weighted by molar-refractivity contribution is 0.102. The molecule has 0 unspecified atom stereocenters. The van der Waals surface area contributed by atoms with E-state index in [0.29, 0.717) is 33.9 Å². The molecule has 33 heavy (non-hydrogen) atoms. The highest BCUT2D eigenvalue weighted by Gasteiger charge is 2.20. The van der Waals surface area contributed by atoms with Crippen LogP contribution in [0.25, 0.3) is 28.0 Å². The zero-order chi connectivity index (χ0) is 22.9. The zero-order valence-electron chi connectivity index (χ0n) is 18.4. The number of hydrogen-bond acceptors (Lipinski definition) is 6. The molecule has 0 radical (unpaired) electrons. The van der Waals surface area contributed by atoms with Crippen molar-refractivity contribution in [1.82, 2.24) is 29.8 Å². The first-order valence-electron chi connectivity index (χ1n) is 10.3. The Morgan fingerprint density at radius 2 is 1.88 bits per heavy atom. The molecule has 0 aliphatic rings. The number of anilines is 1. The maximum Gasteiger partial charge on any atom is 0.257 e. The van der Waals surface area contributed by atoms with E-state index >= 15 is 0 Å². The van der Waals surface area contributed by atoms with Crippen LogP contribution in [0.15, 0.2) is 66.9 Å². The quantitative estimate of drug-likeness (QED) is 0.447. The number of hydrogen-bond donors (Lipinski definition) is 1. The molecule has 0 saturated carbocycles. The normalized spacial score (nSPS) is 11.0. The van der Waals surface area contributed by atoms with Crippen LogP contribution in [0, 0.1) is 6.92 Å². The van der Waals surface area contributed by atoms with E-state index in [2.05, 4.69) is 20.7 Å². The lowest BCUT2D eigenvalue weighted by atomic mass is 10.0. The largest absolute Gasteiger partial charge is 0.497 e. The summed E-state index contributed by atoms with van der Waals surface area (Å²) in [4.78, 5) is 18.1. The number of carbonyl (C=O) groups excluding carboxylic acids is 1. The summed E-state index contributed by atoms with van der Waals surface area (Å²) in [5.74, 6) is 0.720. The van der Waals surface area contributed by atoms with E-state index in [4.69, 9.17) is 9.72 Å². The van der Waals surface area contributed by atoms with Crippen LogP contribution in [-0.2, 0) is 7.05 Å². The molecule has 1 N–H and O–H groups in total. The fourth-order valence-corrected chi connectivity index (χ4v) is 3.76. The Bertz CT molecular complexity index is 1470. The maximum absolute atomic E-state index is 13.3. The van der Waals surface area contributed by atoms with Crippen molar-refractivity contribution in [3.8, 4) is 22.7 Å². The van der Waals surface area contributed by atoms with Gasteiger partial charge in [0.2, 0.25) is 0 Å². The second-order valence-corrected chi connectivity index (χ2v) is 7.53. The van der Waals surface area contributed by atoms with Crippen molar-refractivity contribution in [2.45, 2.75) is 6.92 Å². The number of aromatic nitrogens is 6. The fraction of sp³-hybridized carbons (Fsp3) is 0.125. The van der Waals surface area contributed by atoms with Crippen molar-refractivity contribution in [1.29, 1.82) is 0 Å².